The van der Waals surface area contributed by atoms with Gasteiger partial charge in [0.2, 0.25) is 0 Å². The molecule has 3 heterocycles. The molecule has 0 saturated carbocycles. The third-order valence-electron chi connectivity index (χ3n) is 5.07. The molecule has 6 heteroatoms. The van der Waals surface area contributed by atoms with Gasteiger partial charge in [-0.05, 0) is 48.7 Å². The minimum Gasteiger partial charge on any atom is -0.338 e. The summed E-state index contributed by atoms with van der Waals surface area (Å²) < 4.78 is 1.83. The fourth-order valence-corrected chi connectivity index (χ4v) is 3.66. The molecule has 1 atom stereocenters. The summed E-state index contributed by atoms with van der Waals surface area (Å²) in [5, 5.41) is 4.21. The maximum absolute atomic E-state index is 13.0. The lowest BCUT2D eigenvalue weighted by Gasteiger charge is -2.32. The maximum atomic E-state index is 13.0. The van der Waals surface area contributed by atoms with E-state index in [0.29, 0.717) is 30.9 Å². The van der Waals surface area contributed by atoms with Crippen LogP contribution in [0.1, 0.15) is 39.3 Å². The van der Waals surface area contributed by atoms with Gasteiger partial charge in [0.1, 0.15) is 5.69 Å². The van der Waals surface area contributed by atoms with Crippen LogP contribution in [0.3, 0.4) is 0 Å². The number of piperidine rings is 1. The Morgan fingerprint density at radius 2 is 2.00 bits per heavy atom. The van der Waals surface area contributed by atoms with E-state index in [1.54, 1.807) is 29.4 Å². The monoisotopic (exact) mass is 374 g/mol. The van der Waals surface area contributed by atoms with Crippen molar-refractivity contribution in [3.05, 3.63) is 83.9 Å². The van der Waals surface area contributed by atoms with Crippen molar-refractivity contribution in [3.63, 3.8) is 0 Å². The summed E-state index contributed by atoms with van der Waals surface area (Å²) in [4.78, 5) is 31.7. The van der Waals surface area contributed by atoms with Crippen LogP contribution in [0, 0.1) is 5.92 Å². The molecule has 0 aliphatic carbocycles. The van der Waals surface area contributed by atoms with Crippen molar-refractivity contribution in [1.82, 2.24) is 19.7 Å². The van der Waals surface area contributed by atoms with Gasteiger partial charge in [-0.2, -0.15) is 5.10 Å². The Balaban J connectivity index is 1.46. The lowest BCUT2D eigenvalue weighted by Crippen LogP contribution is -2.42. The predicted octanol–water partition coefficient (Wildman–Crippen LogP) is 3.06. The van der Waals surface area contributed by atoms with Crippen LogP contribution in [0.15, 0.2) is 67.1 Å². The Labute approximate surface area is 163 Å². The van der Waals surface area contributed by atoms with E-state index in [4.69, 9.17) is 0 Å². The number of likely N-dealkylation sites (tertiary alicyclic amines) is 1. The molecule has 28 heavy (non-hydrogen) atoms. The average Bonchev–Trinajstić information content (AvgIpc) is 3.26. The standard InChI is InChI=1S/C22H22N4O2/c27-21(20-9-1-2-10-23-20)19-8-4-12-25(16-19)22(28)18-7-3-6-17(14-18)15-26-13-5-11-24-26/h1-3,5-7,9-11,13-14,19H,4,8,12,15-16H2/t19-/m1/s1. The van der Waals surface area contributed by atoms with Crippen LogP contribution in [-0.4, -0.2) is 44.4 Å². The molecular weight excluding hydrogens is 352 g/mol. The molecule has 0 unspecified atom stereocenters. The average molecular weight is 374 g/mol. The topological polar surface area (TPSA) is 68.1 Å². The van der Waals surface area contributed by atoms with Gasteiger partial charge in [-0.15, -0.1) is 0 Å². The molecule has 4 rings (SSSR count). The minimum atomic E-state index is -0.195. The summed E-state index contributed by atoms with van der Waals surface area (Å²) in [5.41, 5.74) is 2.14. The van der Waals surface area contributed by atoms with E-state index in [9.17, 15) is 9.59 Å². The lowest BCUT2D eigenvalue weighted by molar-refractivity contribution is 0.0635. The van der Waals surface area contributed by atoms with Crippen LogP contribution < -0.4 is 0 Å². The van der Waals surface area contributed by atoms with E-state index in [0.717, 1.165) is 18.4 Å². The molecule has 0 bridgehead atoms. The normalized spacial score (nSPS) is 16.7. The zero-order chi connectivity index (χ0) is 19.3. The van der Waals surface area contributed by atoms with E-state index < -0.39 is 0 Å². The molecular formula is C22H22N4O2. The van der Waals surface area contributed by atoms with Gasteiger partial charge in [0.25, 0.3) is 5.91 Å². The van der Waals surface area contributed by atoms with Crippen molar-refractivity contribution in [2.75, 3.05) is 13.1 Å². The Hall–Kier alpha value is -3.28. The van der Waals surface area contributed by atoms with Crippen LogP contribution >= 0.6 is 0 Å². The largest absolute Gasteiger partial charge is 0.338 e. The second-order valence-corrected chi connectivity index (χ2v) is 7.07. The summed E-state index contributed by atoms with van der Waals surface area (Å²) in [5.74, 6) is -0.203. The molecule has 1 amide bonds. The fraction of sp³-hybridized carbons (Fsp3) is 0.273. The first kappa shape index (κ1) is 18.1. The van der Waals surface area contributed by atoms with Gasteiger partial charge in [0.15, 0.2) is 5.78 Å². The number of nitrogens with zero attached hydrogens (tertiary/aromatic N) is 4. The van der Waals surface area contributed by atoms with E-state index in [1.165, 1.54) is 0 Å². The quantitative estimate of drug-likeness (QED) is 0.644. The van der Waals surface area contributed by atoms with Crippen molar-refractivity contribution in [2.45, 2.75) is 19.4 Å². The van der Waals surface area contributed by atoms with E-state index >= 15 is 0 Å². The third kappa shape index (κ3) is 4.01. The number of carbonyl (C=O) groups excluding carboxylic acids is 2. The van der Waals surface area contributed by atoms with Crippen molar-refractivity contribution < 1.29 is 9.59 Å². The van der Waals surface area contributed by atoms with Gasteiger partial charge in [-0.1, -0.05) is 18.2 Å². The molecule has 1 aromatic carbocycles. The van der Waals surface area contributed by atoms with Crippen LogP contribution in [0.4, 0.5) is 0 Å². The first-order chi connectivity index (χ1) is 13.7. The molecule has 6 nitrogen and oxygen atoms in total. The van der Waals surface area contributed by atoms with Gasteiger partial charge in [-0.3, -0.25) is 19.3 Å². The Morgan fingerprint density at radius 1 is 1.07 bits per heavy atom. The third-order valence-corrected chi connectivity index (χ3v) is 5.07. The minimum absolute atomic E-state index is 0.0190. The number of benzene rings is 1. The number of carbonyl (C=O) groups is 2. The highest BCUT2D eigenvalue weighted by Crippen LogP contribution is 2.22. The second kappa shape index (κ2) is 8.17. The van der Waals surface area contributed by atoms with Gasteiger partial charge < -0.3 is 4.90 Å². The highest BCUT2D eigenvalue weighted by molar-refractivity contribution is 5.98. The van der Waals surface area contributed by atoms with Crippen LogP contribution in [0.25, 0.3) is 0 Å². The molecule has 0 radical (unpaired) electrons. The zero-order valence-electron chi connectivity index (χ0n) is 15.6. The number of hydrogen-bond donors (Lipinski definition) is 0. The number of Topliss-reactive ketones (excluding diaryl/α,β-unsaturated/α-hetero) is 1. The van der Waals surface area contributed by atoms with Crippen LogP contribution in [0.2, 0.25) is 0 Å². The summed E-state index contributed by atoms with van der Waals surface area (Å²) >= 11 is 0. The highest BCUT2D eigenvalue weighted by Gasteiger charge is 2.30. The van der Waals surface area contributed by atoms with Crippen molar-refractivity contribution in [1.29, 1.82) is 0 Å². The molecule has 2 aromatic heterocycles. The summed E-state index contributed by atoms with van der Waals surface area (Å²) in [6.07, 6.45) is 6.87. The van der Waals surface area contributed by atoms with Gasteiger partial charge >= 0.3 is 0 Å². The number of aromatic nitrogens is 3. The molecule has 1 aliphatic heterocycles. The predicted molar refractivity (Wildman–Crippen MR) is 105 cm³/mol. The van der Waals surface area contributed by atoms with Gasteiger partial charge in [0.05, 0.1) is 6.54 Å². The Morgan fingerprint density at radius 3 is 2.79 bits per heavy atom. The Bertz CT molecular complexity index is 954. The lowest BCUT2D eigenvalue weighted by atomic mass is 9.91. The van der Waals surface area contributed by atoms with E-state index in [-0.39, 0.29) is 17.6 Å². The van der Waals surface area contributed by atoms with Gasteiger partial charge in [-0.25, -0.2) is 0 Å². The SMILES string of the molecule is O=C(c1ccccn1)[C@@H]1CCCN(C(=O)c2cccc(Cn3cccn3)c2)C1. The van der Waals surface area contributed by atoms with Crippen molar-refractivity contribution >= 4 is 11.7 Å². The smallest absolute Gasteiger partial charge is 0.253 e. The summed E-state index contributed by atoms with van der Waals surface area (Å²) in [6.45, 7) is 1.74. The van der Waals surface area contributed by atoms with Crippen molar-refractivity contribution in [2.24, 2.45) is 5.92 Å². The molecule has 1 fully saturated rings. The van der Waals surface area contributed by atoms with Crippen LogP contribution in [0.5, 0.6) is 0 Å². The molecule has 1 saturated heterocycles. The molecule has 1 aliphatic rings. The summed E-state index contributed by atoms with van der Waals surface area (Å²) in [6, 6.07) is 14.9. The van der Waals surface area contributed by atoms with Crippen molar-refractivity contribution in [3.8, 4) is 0 Å². The molecule has 0 spiro atoms. The maximum Gasteiger partial charge on any atom is 0.253 e. The first-order valence-corrected chi connectivity index (χ1v) is 9.51. The first-order valence-electron chi connectivity index (χ1n) is 9.51. The fourth-order valence-electron chi connectivity index (χ4n) is 3.66. The number of pyridine rings is 1. The van der Waals surface area contributed by atoms with Gasteiger partial charge in [0, 0.05) is 43.2 Å². The zero-order valence-corrected chi connectivity index (χ0v) is 15.6. The number of rotatable bonds is 5. The molecule has 142 valence electrons. The highest BCUT2D eigenvalue weighted by atomic mass is 16.2. The van der Waals surface area contributed by atoms with E-state index in [1.807, 2.05) is 47.3 Å². The number of hydrogen-bond acceptors (Lipinski definition) is 4. The Kier molecular flexibility index (Phi) is 5.28. The van der Waals surface area contributed by atoms with Crippen LogP contribution in [-0.2, 0) is 6.54 Å². The molecule has 3 aromatic rings. The number of ketones is 1. The molecule has 0 N–H and O–H groups in total. The van der Waals surface area contributed by atoms with E-state index in [2.05, 4.69) is 10.1 Å². The summed E-state index contributed by atoms with van der Waals surface area (Å²) in [7, 11) is 0. The number of amides is 1. The second-order valence-electron chi connectivity index (χ2n) is 7.07.